The van der Waals surface area contributed by atoms with E-state index in [1.54, 1.807) is 18.2 Å². The summed E-state index contributed by atoms with van der Waals surface area (Å²) in [5.74, 6) is -0.901. The van der Waals surface area contributed by atoms with Gasteiger partial charge in [-0.05, 0) is 25.0 Å². The molecule has 0 fully saturated rings. The van der Waals surface area contributed by atoms with Gasteiger partial charge in [0.15, 0.2) is 6.61 Å². The number of pyridine rings is 1. The number of halogens is 1. The minimum absolute atomic E-state index is 0.0948. The molecule has 1 heterocycles. The zero-order chi connectivity index (χ0) is 16.8. The fourth-order valence-corrected chi connectivity index (χ4v) is 2.48. The van der Waals surface area contributed by atoms with Crippen molar-refractivity contribution < 1.29 is 14.3 Å². The molecule has 0 bridgehead atoms. The summed E-state index contributed by atoms with van der Waals surface area (Å²) in [5, 5.41) is 3.66. The number of aromatic nitrogens is 1. The van der Waals surface area contributed by atoms with Gasteiger partial charge < -0.3 is 10.1 Å². The van der Waals surface area contributed by atoms with E-state index in [2.05, 4.69) is 10.3 Å². The van der Waals surface area contributed by atoms with Gasteiger partial charge in [-0.3, -0.25) is 4.79 Å². The lowest BCUT2D eigenvalue weighted by molar-refractivity contribution is -0.125. The molecule has 1 N–H and O–H groups in total. The smallest absolute Gasteiger partial charge is 0.339 e. The van der Waals surface area contributed by atoms with Crippen molar-refractivity contribution in [2.24, 2.45) is 0 Å². The summed E-state index contributed by atoms with van der Waals surface area (Å²) in [5.41, 5.74) is 0.907. The quantitative estimate of drug-likeness (QED) is 0.649. The van der Waals surface area contributed by atoms with Crippen LogP contribution in [0, 0.1) is 0 Å². The van der Waals surface area contributed by atoms with Crippen LogP contribution in [0.5, 0.6) is 0 Å². The van der Waals surface area contributed by atoms with Crippen molar-refractivity contribution in [3.63, 3.8) is 0 Å². The number of nitrogens with zero attached hydrogens (tertiary/aromatic N) is 1. The van der Waals surface area contributed by atoms with E-state index in [4.69, 9.17) is 16.3 Å². The number of benzene rings is 1. The van der Waals surface area contributed by atoms with Gasteiger partial charge in [0.2, 0.25) is 0 Å². The molecule has 0 saturated heterocycles. The molecule has 0 saturated carbocycles. The maximum absolute atomic E-state index is 12.3. The molecular weight excluding hydrogens is 316 g/mol. The molecule has 0 aliphatic carbocycles. The third-order valence-electron chi connectivity index (χ3n) is 3.59. The molecule has 1 aromatic carbocycles. The van der Waals surface area contributed by atoms with Crippen LogP contribution in [0.1, 0.15) is 37.0 Å². The lowest BCUT2D eigenvalue weighted by atomic mass is 10.1. The Bertz CT molecular complexity index is 714. The Balaban J connectivity index is 2.08. The van der Waals surface area contributed by atoms with Crippen LogP contribution in [0.25, 0.3) is 10.9 Å². The van der Waals surface area contributed by atoms with Gasteiger partial charge in [0, 0.05) is 11.4 Å². The summed E-state index contributed by atoms with van der Waals surface area (Å²) < 4.78 is 5.11. The molecule has 2 rings (SSSR count). The first-order valence-corrected chi connectivity index (χ1v) is 7.94. The van der Waals surface area contributed by atoms with Crippen LogP contribution in [0.2, 0.25) is 5.15 Å². The summed E-state index contributed by atoms with van der Waals surface area (Å²) >= 11 is 5.94. The highest BCUT2D eigenvalue weighted by Gasteiger charge is 2.16. The van der Waals surface area contributed by atoms with Crippen LogP contribution in [-0.4, -0.2) is 29.5 Å². The highest BCUT2D eigenvalue weighted by atomic mass is 35.5. The highest BCUT2D eigenvalue weighted by Crippen LogP contribution is 2.21. The summed E-state index contributed by atoms with van der Waals surface area (Å²) in [6, 6.07) is 8.68. The molecule has 23 heavy (non-hydrogen) atoms. The van der Waals surface area contributed by atoms with Gasteiger partial charge in [-0.2, -0.15) is 0 Å². The van der Waals surface area contributed by atoms with Crippen LogP contribution >= 0.6 is 11.6 Å². The Hall–Kier alpha value is -2.14. The lowest BCUT2D eigenvalue weighted by Gasteiger charge is -2.14. The van der Waals surface area contributed by atoms with Gasteiger partial charge in [0.25, 0.3) is 5.91 Å². The van der Waals surface area contributed by atoms with E-state index < -0.39 is 5.97 Å². The van der Waals surface area contributed by atoms with Gasteiger partial charge in [-0.25, -0.2) is 9.78 Å². The third-order valence-corrected chi connectivity index (χ3v) is 3.78. The van der Waals surface area contributed by atoms with E-state index in [1.807, 2.05) is 19.9 Å². The van der Waals surface area contributed by atoms with Crippen LogP contribution in [0.4, 0.5) is 0 Å². The highest BCUT2D eigenvalue weighted by molar-refractivity contribution is 6.30. The predicted octanol–water partition coefficient (Wildman–Crippen LogP) is 3.35. The van der Waals surface area contributed by atoms with E-state index in [9.17, 15) is 9.59 Å². The van der Waals surface area contributed by atoms with Crippen LogP contribution in [0.15, 0.2) is 30.3 Å². The molecule has 0 aliphatic heterocycles. The maximum Gasteiger partial charge on any atom is 0.339 e. The number of nitrogens with one attached hydrogen (secondary N) is 1. The van der Waals surface area contributed by atoms with Crippen molar-refractivity contribution in [3.8, 4) is 0 Å². The minimum Gasteiger partial charge on any atom is -0.452 e. The third kappa shape index (κ3) is 4.42. The monoisotopic (exact) mass is 334 g/mol. The molecule has 1 aromatic heterocycles. The number of carbonyl (C=O) groups is 2. The molecular formula is C17H19ClN2O3. The van der Waals surface area contributed by atoms with Crippen molar-refractivity contribution in [1.82, 2.24) is 10.3 Å². The molecule has 0 unspecified atom stereocenters. The van der Waals surface area contributed by atoms with E-state index in [1.165, 1.54) is 6.07 Å². The van der Waals surface area contributed by atoms with Crippen molar-refractivity contribution in [2.75, 3.05) is 6.61 Å². The van der Waals surface area contributed by atoms with Gasteiger partial charge in [0.05, 0.1) is 11.1 Å². The number of carbonyl (C=O) groups excluding carboxylic acids is 2. The molecule has 1 amide bonds. The molecule has 122 valence electrons. The van der Waals surface area contributed by atoms with Gasteiger partial charge in [-0.15, -0.1) is 0 Å². The number of hydrogen-bond donors (Lipinski definition) is 1. The summed E-state index contributed by atoms with van der Waals surface area (Å²) in [6.07, 6.45) is 1.67. The van der Waals surface area contributed by atoms with Crippen molar-refractivity contribution >= 4 is 34.4 Å². The van der Waals surface area contributed by atoms with Crippen LogP contribution in [0.3, 0.4) is 0 Å². The Labute approximate surface area is 140 Å². The molecule has 5 nitrogen and oxygen atoms in total. The number of para-hydroxylation sites is 1. The average Bonchev–Trinajstić information content (AvgIpc) is 2.56. The van der Waals surface area contributed by atoms with Crippen LogP contribution < -0.4 is 5.32 Å². The zero-order valence-electron chi connectivity index (χ0n) is 13.1. The molecule has 0 radical (unpaired) electrons. The van der Waals surface area contributed by atoms with Crippen molar-refractivity contribution in [3.05, 3.63) is 41.0 Å². The molecule has 0 atom stereocenters. The number of hydrogen-bond acceptors (Lipinski definition) is 4. The normalized spacial score (nSPS) is 10.8. The topological polar surface area (TPSA) is 68.3 Å². The molecule has 2 aromatic rings. The van der Waals surface area contributed by atoms with E-state index in [-0.39, 0.29) is 23.7 Å². The van der Waals surface area contributed by atoms with Crippen molar-refractivity contribution in [1.29, 1.82) is 0 Å². The Kier molecular flexibility index (Phi) is 5.93. The largest absolute Gasteiger partial charge is 0.452 e. The fraction of sp³-hybridized carbons (Fsp3) is 0.353. The van der Waals surface area contributed by atoms with E-state index in [0.717, 1.165) is 12.8 Å². The second kappa shape index (κ2) is 7.92. The SMILES string of the molecule is CCC(CC)NC(=O)COC(=O)c1cc(Cl)nc2ccccc12. The maximum atomic E-state index is 12.3. The van der Waals surface area contributed by atoms with Gasteiger partial charge >= 0.3 is 5.97 Å². The average molecular weight is 335 g/mol. The van der Waals surface area contributed by atoms with Gasteiger partial charge in [0.1, 0.15) is 5.15 Å². The summed E-state index contributed by atoms with van der Waals surface area (Å²) in [7, 11) is 0. The van der Waals surface area contributed by atoms with Crippen molar-refractivity contribution in [2.45, 2.75) is 32.7 Å². The molecule has 0 spiro atoms. The predicted molar refractivity (Wildman–Crippen MR) is 89.5 cm³/mol. The van der Waals surface area contributed by atoms with Crippen LogP contribution in [-0.2, 0) is 9.53 Å². The Morgan fingerprint density at radius 3 is 2.65 bits per heavy atom. The first-order valence-electron chi connectivity index (χ1n) is 7.56. The lowest BCUT2D eigenvalue weighted by Crippen LogP contribution is -2.36. The number of rotatable bonds is 6. The Morgan fingerprint density at radius 1 is 1.26 bits per heavy atom. The fourth-order valence-electron chi connectivity index (χ4n) is 2.28. The number of fused-ring (bicyclic) bond motifs is 1. The number of esters is 1. The number of amides is 1. The summed E-state index contributed by atoms with van der Waals surface area (Å²) in [6.45, 7) is 3.67. The molecule has 0 aliphatic rings. The second-order valence-corrected chi connectivity index (χ2v) is 5.55. The Morgan fingerprint density at radius 2 is 1.96 bits per heavy atom. The first-order chi connectivity index (χ1) is 11.0. The zero-order valence-corrected chi connectivity index (χ0v) is 13.9. The minimum atomic E-state index is -0.592. The first kappa shape index (κ1) is 17.2. The van der Waals surface area contributed by atoms with E-state index >= 15 is 0 Å². The standard InChI is InChI=1S/C17H19ClN2O3/c1-3-11(4-2)19-16(21)10-23-17(22)13-9-15(18)20-14-8-6-5-7-12(13)14/h5-9,11H,3-4,10H2,1-2H3,(H,19,21). The summed E-state index contributed by atoms with van der Waals surface area (Å²) in [4.78, 5) is 28.2. The second-order valence-electron chi connectivity index (χ2n) is 5.17. The molecule has 6 heteroatoms. The van der Waals surface area contributed by atoms with Gasteiger partial charge in [-0.1, -0.05) is 43.6 Å². The van der Waals surface area contributed by atoms with E-state index in [0.29, 0.717) is 16.5 Å². The number of ether oxygens (including phenoxy) is 1.